The Morgan fingerprint density at radius 3 is 2.73 bits per heavy atom. The molecule has 6 nitrogen and oxygen atoms in total. The molecule has 3 rings (SSSR count). The second-order valence-corrected chi connectivity index (χ2v) is 6.51. The molecule has 0 bridgehead atoms. The van der Waals surface area contributed by atoms with E-state index in [0.717, 1.165) is 16.8 Å². The van der Waals surface area contributed by atoms with Gasteiger partial charge in [0.25, 0.3) is 5.56 Å². The summed E-state index contributed by atoms with van der Waals surface area (Å²) in [5, 5.41) is 5.95. The highest BCUT2D eigenvalue weighted by Crippen LogP contribution is 2.21. The molecule has 2 aromatic heterocycles. The van der Waals surface area contributed by atoms with Crippen molar-refractivity contribution in [1.29, 1.82) is 0 Å². The maximum absolute atomic E-state index is 13.6. The van der Waals surface area contributed by atoms with Crippen LogP contribution in [-0.2, 0) is 18.3 Å². The number of nitrogens with one attached hydrogen (secondary N) is 2. The Labute approximate surface area is 150 Å². The lowest BCUT2D eigenvalue weighted by Crippen LogP contribution is -2.14. The first-order chi connectivity index (χ1) is 12.3. The van der Waals surface area contributed by atoms with E-state index in [-0.39, 0.29) is 23.7 Å². The molecule has 0 radical (unpaired) electrons. The largest absolute Gasteiger partial charge is 0.326 e. The molecule has 3 aromatic rings. The van der Waals surface area contributed by atoms with Crippen LogP contribution in [0.15, 0.2) is 23.0 Å². The summed E-state index contributed by atoms with van der Waals surface area (Å²) in [6.07, 6.45) is 0.671. The molecule has 2 heterocycles. The van der Waals surface area contributed by atoms with E-state index in [1.54, 1.807) is 30.8 Å². The van der Waals surface area contributed by atoms with Crippen molar-refractivity contribution in [2.24, 2.45) is 7.05 Å². The summed E-state index contributed by atoms with van der Waals surface area (Å²) >= 11 is 0. The lowest BCUT2D eigenvalue weighted by Gasteiger charge is -2.11. The molecular weight excluding hydrogens is 335 g/mol. The average molecular weight is 356 g/mol. The fraction of sp³-hybridized carbons (Fsp3) is 0.316. The quantitative estimate of drug-likeness (QED) is 0.754. The highest BCUT2D eigenvalue weighted by Gasteiger charge is 2.16. The van der Waals surface area contributed by atoms with E-state index < -0.39 is 0 Å². The highest BCUT2D eigenvalue weighted by atomic mass is 19.1. The minimum Gasteiger partial charge on any atom is -0.326 e. The molecule has 0 saturated heterocycles. The van der Waals surface area contributed by atoms with Crippen LogP contribution in [-0.4, -0.2) is 20.7 Å². The van der Waals surface area contributed by atoms with Gasteiger partial charge in [-0.2, -0.15) is 0 Å². The van der Waals surface area contributed by atoms with E-state index >= 15 is 0 Å². The normalized spacial score (nSPS) is 11.1. The van der Waals surface area contributed by atoms with Crippen LogP contribution >= 0.6 is 0 Å². The molecular formula is C19H21FN4O2. The van der Waals surface area contributed by atoms with Gasteiger partial charge in [0.05, 0.1) is 5.39 Å². The van der Waals surface area contributed by atoms with Crippen molar-refractivity contribution in [3.05, 3.63) is 56.8 Å². The molecule has 0 atom stereocenters. The molecule has 0 aliphatic heterocycles. The standard InChI is InChI=1S/C19H21FN4O2/c1-10-5-6-13(9-15(10)20)22-16(25)8-7-14-11(2)17-18(21-12(14)3)24(4)23-19(17)26/h5-6,9H,7-8H2,1-4H3,(H,22,25)(H,23,26). The minimum absolute atomic E-state index is 0.187. The van der Waals surface area contributed by atoms with Gasteiger partial charge in [0, 0.05) is 24.8 Å². The number of benzene rings is 1. The first-order valence-corrected chi connectivity index (χ1v) is 8.38. The number of anilines is 1. The second-order valence-electron chi connectivity index (χ2n) is 6.51. The summed E-state index contributed by atoms with van der Waals surface area (Å²) in [6, 6.07) is 4.60. The summed E-state index contributed by atoms with van der Waals surface area (Å²) < 4.78 is 15.2. The molecule has 26 heavy (non-hydrogen) atoms. The molecule has 0 unspecified atom stereocenters. The van der Waals surface area contributed by atoms with Crippen molar-refractivity contribution >= 4 is 22.6 Å². The van der Waals surface area contributed by atoms with E-state index in [2.05, 4.69) is 15.4 Å². The number of H-pyrrole nitrogens is 1. The van der Waals surface area contributed by atoms with Crippen molar-refractivity contribution in [2.75, 3.05) is 5.32 Å². The number of hydrogen-bond donors (Lipinski definition) is 2. The van der Waals surface area contributed by atoms with E-state index in [0.29, 0.717) is 28.7 Å². The van der Waals surface area contributed by atoms with Crippen molar-refractivity contribution in [1.82, 2.24) is 14.8 Å². The highest BCUT2D eigenvalue weighted by molar-refractivity contribution is 5.91. The molecule has 136 valence electrons. The van der Waals surface area contributed by atoms with Crippen molar-refractivity contribution in [2.45, 2.75) is 33.6 Å². The summed E-state index contributed by atoms with van der Waals surface area (Å²) in [4.78, 5) is 28.8. The monoisotopic (exact) mass is 356 g/mol. The fourth-order valence-electron chi connectivity index (χ4n) is 3.15. The van der Waals surface area contributed by atoms with Crippen molar-refractivity contribution in [3.8, 4) is 0 Å². The third-order valence-corrected chi connectivity index (χ3v) is 4.63. The maximum Gasteiger partial charge on any atom is 0.273 e. The topological polar surface area (TPSA) is 79.8 Å². The number of aryl methyl sites for hydroxylation is 4. The number of fused-ring (bicyclic) bond motifs is 1. The number of aromatic nitrogens is 3. The SMILES string of the molecule is Cc1ccc(NC(=O)CCc2c(C)nc3c(c2C)c(=O)[nH]n3C)cc1F. The smallest absolute Gasteiger partial charge is 0.273 e. The van der Waals surface area contributed by atoms with Crippen LogP contribution in [0, 0.1) is 26.6 Å². The summed E-state index contributed by atoms with van der Waals surface area (Å²) in [5.41, 5.74) is 3.89. The van der Waals surface area contributed by atoms with Gasteiger partial charge in [0.15, 0.2) is 5.65 Å². The van der Waals surface area contributed by atoms with E-state index in [4.69, 9.17) is 0 Å². The number of halogens is 1. The van der Waals surface area contributed by atoms with Gasteiger partial charge in [0.2, 0.25) is 5.91 Å². The van der Waals surface area contributed by atoms with Gasteiger partial charge in [-0.15, -0.1) is 0 Å². The van der Waals surface area contributed by atoms with E-state index in [1.807, 2.05) is 13.8 Å². The van der Waals surface area contributed by atoms with Crippen LogP contribution in [0.5, 0.6) is 0 Å². The van der Waals surface area contributed by atoms with Gasteiger partial charge >= 0.3 is 0 Å². The number of carbonyl (C=O) groups excluding carboxylic acids is 1. The van der Waals surface area contributed by atoms with Crippen LogP contribution in [0.25, 0.3) is 11.0 Å². The number of hydrogen-bond acceptors (Lipinski definition) is 3. The van der Waals surface area contributed by atoms with Gasteiger partial charge < -0.3 is 5.32 Å². The Morgan fingerprint density at radius 1 is 1.31 bits per heavy atom. The third kappa shape index (κ3) is 3.24. The molecule has 0 aliphatic carbocycles. The first-order valence-electron chi connectivity index (χ1n) is 8.38. The number of carbonyl (C=O) groups is 1. The van der Waals surface area contributed by atoms with Gasteiger partial charge in [0.1, 0.15) is 5.82 Å². The average Bonchev–Trinajstić information content (AvgIpc) is 2.85. The molecule has 0 aliphatic rings. The summed E-state index contributed by atoms with van der Waals surface area (Å²) in [5.74, 6) is -0.568. The Hall–Kier alpha value is -2.96. The number of nitrogens with zero attached hydrogens (tertiary/aromatic N) is 2. The molecule has 0 spiro atoms. The molecule has 0 saturated carbocycles. The molecule has 2 N–H and O–H groups in total. The minimum atomic E-state index is -0.354. The third-order valence-electron chi connectivity index (χ3n) is 4.63. The summed E-state index contributed by atoms with van der Waals surface area (Å²) in [7, 11) is 1.74. The van der Waals surface area contributed by atoms with Gasteiger partial charge in [-0.05, 0) is 56.0 Å². The van der Waals surface area contributed by atoms with E-state index in [1.165, 1.54) is 6.07 Å². The van der Waals surface area contributed by atoms with Crippen molar-refractivity contribution in [3.63, 3.8) is 0 Å². The van der Waals surface area contributed by atoms with Crippen LogP contribution in [0.3, 0.4) is 0 Å². The molecule has 7 heteroatoms. The molecule has 1 aromatic carbocycles. The predicted octanol–water partition coefficient (Wildman–Crippen LogP) is 2.90. The number of amides is 1. The number of aromatic amines is 1. The number of rotatable bonds is 4. The lowest BCUT2D eigenvalue weighted by molar-refractivity contribution is -0.116. The first kappa shape index (κ1) is 17.8. The van der Waals surface area contributed by atoms with Gasteiger partial charge in [-0.1, -0.05) is 6.07 Å². The van der Waals surface area contributed by atoms with Crippen LogP contribution < -0.4 is 10.9 Å². The van der Waals surface area contributed by atoms with Crippen molar-refractivity contribution < 1.29 is 9.18 Å². The van der Waals surface area contributed by atoms with E-state index in [9.17, 15) is 14.0 Å². The van der Waals surface area contributed by atoms with Crippen LogP contribution in [0.1, 0.15) is 28.8 Å². The predicted molar refractivity (Wildman–Crippen MR) is 98.9 cm³/mol. The zero-order chi connectivity index (χ0) is 19.0. The Morgan fingerprint density at radius 2 is 2.04 bits per heavy atom. The Balaban J connectivity index is 1.79. The summed E-state index contributed by atoms with van der Waals surface area (Å²) in [6.45, 7) is 5.41. The lowest BCUT2D eigenvalue weighted by atomic mass is 10.00. The second kappa shape index (κ2) is 6.74. The van der Waals surface area contributed by atoms with Gasteiger partial charge in [-0.3, -0.25) is 19.4 Å². The van der Waals surface area contributed by atoms with Gasteiger partial charge in [-0.25, -0.2) is 9.37 Å². The zero-order valence-corrected chi connectivity index (χ0v) is 15.2. The zero-order valence-electron chi connectivity index (χ0n) is 15.2. The number of pyridine rings is 1. The Kier molecular flexibility index (Phi) is 4.63. The maximum atomic E-state index is 13.6. The fourth-order valence-corrected chi connectivity index (χ4v) is 3.15. The van der Waals surface area contributed by atoms with Crippen LogP contribution in [0.2, 0.25) is 0 Å². The molecule has 1 amide bonds. The van der Waals surface area contributed by atoms with Crippen LogP contribution in [0.4, 0.5) is 10.1 Å². The Bertz CT molecular complexity index is 1070. The molecule has 0 fully saturated rings.